The maximum absolute atomic E-state index is 15.7. The summed E-state index contributed by atoms with van der Waals surface area (Å²) in [5, 5.41) is 3.59. The van der Waals surface area contributed by atoms with Gasteiger partial charge in [-0.2, -0.15) is 13.2 Å². The smallest absolute Gasteiger partial charge is 0.308 e. The maximum Gasteiger partial charge on any atom is 0.416 e. The molecule has 0 spiro atoms. The predicted octanol–water partition coefficient (Wildman–Crippen LogP) is 22.3. The fourth-order valence-corrected chi connectivity index (χ4v) is 13.6. The van der Waals surface area contributed by atoms with Crippen LogP contribution in [0.4, 0.5) is 18.9 Å². The summed E-state index contributed by atoms with van der Waals surface area (Å²) in [4.78, 5) is 23.9. The number of nitrogens with zero attached hydrogens (tertiary/aromatic N) is 7. The third kappa shape index (κ3) is 9.78. The summed E-state index contributed by atoms with van der Waals surface area (Å²) in [6, 6.07) is 90.2. The highest BCUT2D eigenvalue weighted by atomic mass is 19.4. The Morgan fingerprint density at radius 3 is 0.957 bits per heavy atom. The van der Waals surface area contributed by atoms with Gasteiger partial charge in [0.25, 0.3) is 0 Å². The Bertz CT molecular complexity index is 5350. The molecule has 0 radical (unpaired) electrons. The van der Waals surface area contributed by atoms with Crippen molar-refractivity contribution in [2.45, 2.75) is 13.1 Å². The van der Waals surface area contributed by atoms with Crippen LogP contribution in [0.3, 0.4) is 0 Å². The van der Waals surface area contributed by atoms with Gasteiger partial charge in [-0.05, 0) is 137 Å². The predicted molar refractivity (Wildman–Crippen MR) is 371 cm³/mol. The third-order valence-electron chi connectivity index (χ3n) is 17.7. The Labute approximate surface area is 534 Å². The van der Waals surface area contributed by atoms with Gasteiger partial charge in [-0.1, -0.05) is 182 Å². The number of aromatic nitrogens is 6. The molecule has 10 heteroatoms. The van der Waals surface area contributed by atoms with E-state index in [0.29, 0.717) is 16.9 Å². The molecule has 0 aliphatic carbocycles. The minimum absolute atomic E-state index is 0.0582. The van der Waals surface area contributed by atoms with Gasteiger partial charge in [-0.15, -0.1) is 0 Å². The first-order valence-electron chi connectivity index (χ1n) is 30.6. The molecule has 7 nitrogen and oxygen atoms in total. The monoisotopic (exact) mass is 1200 g/mol. The average molecular weight is 1200 g/mol. The molecule has 0 atom stereocenters. The summed E-state index contributed by atoms with van der Waals surface area (Å²) in [5.41, 5.74) is 18.7. The van der Waals surface area contributed by atoms with E-state index in [-0.39, 0.29) is 16.8 Å². The van der Waals surface area contributed by atoms with E-state index in [1.165, 1.54) is 6.07 Å². The van der Waals surface area contributed by atoms with Crippen LogP contribution in [0.25, 0.3) is 160 Å². The standard InChI is InChI=1S/C83H52F3N7/c1-52-20-15-33-70(83(84,85)86)78(52)69-50-76(92-72-38-34-57(61-29-16-42-88-79(61)53-21-7-3-8-22-53)46-65(72)66-47-58(35-39-73(66)92)62-30-17-43-89-80(62)54-23-9-4-10-24-54)77(51-71(69)87-2)93-74-40-36-59(63-31-18-44-90-81(63)55-25-11-5-12-26-55)48-67(74)68-49-60(37-41-75(68)93)64-32-19-45-91-82(64)56-27-13-6-14-28-56/h3-51H,1H3. The van der Waals surface area contributed by atoms with Gasteiger partial charge in [0.05, 0.1) is 68.4 Å². The Hall–Kier alpha value is -12.3. The first-order chi connectivity index (χ1) is 45.7. The molecule has 0 N–H and O–H groups in total. The van der Waals surface area contributed by atoms with E-state index in [1.807, 2.05) is 128 Å². The molecule has 0 unspecified atom stereocenters. The molecule has 10 aromatic carbocycles. The van der Waals surface area contributed by atoms with E-state index in [1.54, 1.807) is 19.1 Å². The highest BCUT2D eigenvalue weighted by Crippen LogP contribution is 2.49. The highest BCUT2D eigenvalue weighted by Gasteiger charge is 2.36. The van der Waals surface area contributed by atoms with Gasteiger partial charge in [0.1, 0.15) is 0 Å². The molecule has 0 aliphatic heterocycles. The number of hydrogen-bond acceptors (Lipinski definition) is 4. The first kappa shape index (κ1) is 56.0. The van der Waals surface area contributed by atoms with Gasteiger partial charge in [0.2, 0.25) is 0 Å². The van der Waals surface area contributed by atoms with Crippen molar-refractivity contribution in [1.82, 2.24) is 29.1 Å². The molecule has 16 aromatic rings. The molecule has 0 fully saturated rings. The van der Waals surface area contributed by atoms with E-state index in [2.05, 4.69) is 160 Å². The van der Waals surface area contributed by atoms with Crippen molar-refractivity contribution < 1.29 is 13.2 Å². The Kier molecular flexibility index (Phi) is 13.8. The van der Waals surface area contributed by atoms with E-state index in [4.69, 9.17) is 26.5 Å². The average Bonchev–Trinajstić information content (AvgIpc) is 1.61. The maximum atomic E-state index is 15.7. The van der Waals surface area contributed by atoms with E-state index < -0.39 is 11.7 Å². The number of fused-ring (bicyclic) bond motifs is 6. The summed E-state index contributed by atoms with van der Waals surface area (Å²) in [7, 11) is 0. The number of aryl methyl sites for hydroxylation is 1. The zero-order valence-corrected chi connectivity index (χ0v) is 50.1. The van der Waals surface area contributed by atoms with Crippen molar-refractivity contribution in [2.24, 2.45) is 0 Å². The van der Waals surface area contributed by atoms with E-state index in [0.717, 1.165) is 139 Å². The molecule has 0 saturated heterocycles. The van der Waals surface area contributed by atoms with Crippen LogP contribution in [-0.4, -0.2) is 29.1 Å². The zero-order chi connectivity index (χ0) is 62.7. The van der Waals surface area contributed by atoms with Crippen LogP contribution in [0.1, 0.15) is 11.1 Å². The lowest BCUT2D eigenvalue weighted by molar-refractivity contribution is -0.137. The van der Waals surface area contributed by atoms with Crippen molar-refractivity contribution in [3.8, 4) is 112 Å². The summed E-state index contributed by atoms with van der Waals surface area (Å²) < 4.78 is 51.4. The van der Waals surface area contributed by atoms with E-state index >= 15 is 13.2 Å². The van der Waals surface area contributed by atoms with Crippen LogP contribution in [0.5, 0.6) is 0 Å². The Balaban J connectivity index is 1.02. The highest BCUT2D eigenvalue weighted by molar-refractivity contribution is 6.15. The number of pyridine rings is 4. The number of rotatable bonds is 11. The number of hydrogen-bond donors (Lipinski definition) is 0. The van der Waals surface area contributed by atoms with Crippen LogP contribution >= 0.6 is 0 Å². The molecular weight excluding hydrogens is 1150 g/mol. The minimum atomic E-state index is -4.75. The SMILES string of the molecule is [C-]#[N+]c1cc(-n2c3ccc(-c4cccnc4-c4ccccc4)cc3c3cc(-c4cccnc4-c4ccccc4)ccc32)c(-n2c3ccc(-c4cccnc4-c4ccccc4)cc3c3cc(-c4cccnc4-c4ccccc4)ccc32)cc1-c1c(C)cccc1C(F)(F)F. The van der Waals surface area contributed by atoms with Crippen LogP contribution in [-0.2, 0) is 6.18 Å². The summed E-state index contributed by atoms with van der Waals surface area (Å²) in [6.07, 6.45) is 2.49. The number of benzene rings is 10. The summed E-state index contributed by atoms with van der Waals surface area (Å²) in [5.74, 6) is 0. The van der Waals surface area contributed by atoms with Gasteiger partial charge in [-0.3, -0.25) is 19.9 Å². The van der Waals surface area contributed by atoms with Gasteiger partial charge in [0.15, 0.2) is 5.69 Å². The molecule has 440 valence electrons. The topological polar surface area (TPSA) is 65.8 Å². The first-order valence-corrected chi connectivity index (χ1v) is 30.6. The van der Waals surface area contributed by atoms with Crippen LogP contribution < -0.4 is 0 Å². The van der Waals surface area contributed by atoms with Gasteiger partial charge < -0.3 is 9.13 Å². The second-order valence-corrected chi connectivity index (χ2v) is 23.1. The summed E-state index contributed by atoms with van der Waals surface area (Å²) >= 11 is 0. The molecular formula is C83H52F3N7. The molecule has 16 rings (SSSR count). The van der Waals surface area contributed by atoms with E-state index in [9.17, 15) is 0 Å². The largest absolute Gasteiger partial charge is 0.416 e. The van der Waals surface area contributed by atoms with Crippen molar-refractivity contribution in [3.63, 3.8) is 0 Å². The third-order valence-corrected chi connectivity index (χ3v) is 17.7. The van der Waals surface area contributed by atoms with Crippen LogP contribution in [0.15, 0.2) is 298 Å². The lowest BCUT2D eigenvalue weighted by Crippen LogP contribution is -2.09. The summed E-state index contributed by atoms with van der Waals surface area (Å²) in [6.45, 7) is 10.7. The quantitative estimate of drug-likeness (QED) is 0.121. The fraction of sp³-hybridized carbons (Fsp3) is 0.0241. The molecule has 0 bridgehead atoms. The molecule has 6 aromatic heterocycles. The number of alkyl halides is 3. The Morgan fingerprint density at radius 2 is 0.645 bits per heavy atom. The second-order valence-electron chi connectivity index (χ2n) is 23.1. The normalized spacial score (nSPS) is 11.6. The number of halogens is 3. The lowest BCUT2D eigenvalue weighted by atomic mass is 9.92. The molecule has 93 heavy (non-hydrogen) atoms. The second kappa shape index (κ2) is 22.9. The lowest BCUT2D eigenvalue weighted by Gasteiger charge is -2.22. The van der Waals surface area contributed by atoms with Gasteiger partial charge >= 0.3 is 6.18 Å². The van der Waals surface area contributed by atoms with Crippen molar-refractivity contribution in [2.75, 3.05) is 0 Å². The van der Waals surface area contributed by atoms with Gasteiger partial charge in [0, 0.05) is 90.8 Å². The molecule has 6 heterocycles. The zero-order valence-electron chi connectivity index (χ0n) is 50.1. The minimum Gasteiger partial charge on any atom is -0.308 e. The molecule has 0 amide bonds. The van der Waals surface area contributed by atoms with Crippen LogP contribution in [0, 0.1) is 13.5 Å². The molecule has 0 aliphatic rings. The Morgan fingerprint density at radius 1 is 0.323 bits per heavy atom. The van der Waals surface area contributed by atoms with Gasteiger partial charge in [-0.25, -0.2) is 4.85 Å². The molecule has 0 saturated carbocycles. The fourth-order valence-electron chi connectivity index (χ4n) is 13.6. The van der Waals surface area contributed by atoms with Crippen molar-refractivity contribution in [1.29, 1.82) is 0 Å². The van der Waals surface area contributed by atoms with Crippen molar-refractivity contribution in [3.05, 3.63) is 320 Å². The van der Waals surface area contributed by atoms with Crippen molar-refractivity contribution >= 4 is 49.3 Å². The van der Waals surface area contributed by atoms with Crippen LogP contribution in [0.2, 0.25) is 0 Å².